The third-order valence-corrected chi connectivity index (χ3v) is 5.22. The van der Waals surface area contributed by atoms with Crippen LogP contribution in [0.1, 0.15) is 32.6 Å². The second-order valence-corrected chi connectivity index (χ2v) is 7.24. The van der Waals surface area contributed by atoms with Crippen molar-refractivity contribution in [3.05, 3.63) is 0 Å². The van der Waals surface area contributed by atoms with Crippen LogP contribution in [0.2, 0.25) is 0 Å². The third kappa shape index (κ3) is 3.43. The van der Waals surface area contributed by atoms with Crippen molar-refractivity contribution in [3.63, 3.8) is 0 Å². The SMILES string of the molecule is CC1CCCN(S(=O)(=O)CCNC2CC2)C1. The molecule has 2 fully saturated rings. The maximum absolute atomic E-state index is 12.0. The van der Waals surface area contributed by atoms with E-state index in [2.05, 4.69) is 12.2 Å². The van der Waals surface area contributed by atoms with Crippen molar-refractivity contribution < 1.29 is 8.42 Å². The third-order valence-electron chi connectivity index (χ3n) is 3.38. The molecule has 0 amide bonds. The average Bonchev–Trinajstić information content (AvgIpc) is 3.01. The van der Waals surface area contributed by atoms with Gasteiger partial charge in [0.05, 0.1) is 5.75 Å². The monoisotopic (exact) mass is 246 g/mol. The van der Waals surface area contributed by atoms with E-state index in [1.165, 1.54) is 12.8 Å². The van der Waals surface area contributed by atoms with E-state index in [1.807, 2.05) is 0 Å². The van der Waals surface area contributed by atoms with Crippen LogP contribution in [0.4, 0.5) is 0 Å². The number of hydrogen-bond donors (Lipinski definition) is 1. The van der Waals surface area contributed by atoms with Gasteiger partial charge >= 0.3 is 0 Å². The molecule has 1 aliphatic carbocycles. The first kappa shape index (κ1) is 12.3. The van der Waals surface area contributed by atoms with Gasteiger partial charge in [-0.15, -0.1) is 0 Å². The van der Waals surface area contributed by atoms with Crippen LogP contribution in [-0.2, 0) is 10.0 Å². The van der Waals surface area contributed by atoms with Gasteiger partial charge in [0.1, 0.15) is 0 Å². The molecule has 0 spiro atoms. The number of rotatable bonds is 5. The largest absolute Gasteiger partial charge is 0.313 e. The predicted octanol–water partition coefficient (Wildman–Crippen LogP) is 0.800. The summed E-state index contributed by atoms with van der Waals surface area (Å²) in [6.07, 6.45) is 4.59. The van der Waals surface area contributed by atoms with Crippen LogP contribution in [0.5, 0.6) is 0 Å². The van der Waals surface area contributed by atoms with Crippen LogP contribution in [-0.4, -0.2) is 44.2 Å². The number of sulfonamides is 1. The van der Waals surface area contributed by atoms with E-state index in [0.29, 0.717) is 25.0 Å². The minimum absolute atomic E-state index is 0.260. The number of nitrogens with one attached hydrogen (secondary N) is 1. The van der Waals surface area contributed by atoms with E-state index >= 15 is 0 Å². The van der Waals surface area contributed by atoms with Gasteiger partial charge in [-0.2, -0.15) is 0 Å². The van der Waals surface area contributed by atoms with E-state index in [4.69, 9.17) is 0 Å². The minimum atomic E-state index is -3.01. The normalized spacial score (nSPS) is 28.2. The maximum atomic E-state index is 12.0. The molecule has 0 aromatic rings. The van der Waals surface area contributed by atoms with Crippen LogP contribution < -0.4 is 5.32 Å². The van der Waals surface area contributed by atoms with Crippen LogP contribution in [0, 0.1) is 5.92 Å². The summed E-state index contributed by atoms with van der Waals surface area (Å²) in [6.45, 7) is 4.17. The summed E-state index contributed by atoms with van der Waals surface area (Å²) in [5, 5.41) is 3.26. The highest BCUT2D eigenvalue weighted by molar-refractivity contribution is 7.89. The van der Waals surface area contributed by atoms with Gasteiger partial charge < -0.3 is 5.32 Å². The molecule has 2 rings (SSSR count). The highest BCUT2D eigenvalue weighted by Gasteiger charge is 2.27. The van der Waals surface area contributed by atoms with Gasteiger partial charge in [0.2, 0.25) is 10.0 Å². The molecule has 1 atom stereocenters. The Labute approximate surface area is 98.4 Å². The van der Waals surface area contributed by atoms with Gasteiger partial charge in [-0.05, 0) is 31.6 Å². The van der Waals surface area contributed by atoms with Gasteiger partial charge in [-0.1, -0.05) is 6.92 Å². The molecule has 0 aromatic heterocycles. The fraction of sp³-hybridized carbons (Fsp3) is 1.00. The topological polar surface area (TPSA) is 49.4 Å². The summed E-state index contributed by atoms with van der Waals surface area (Å²) >= 11 is 0. The molecule has 1 saturated heterocycles. The molecule has 1 heterocycles. The zero-order chi connectivity index (χ0) is 11.6. The Balaban J connectivity index is 1.79. The Bertz CT molecular complexity index is 325. The van der Waals surface area contributed by atoms with Gasteiger partial charge in [0, 0.05) is 25.7 Å². The second-order valence-electron chi connectivity index (χ2n) is 5.15. The summed E-state index contributed by atoms with van der Waals surface area (Å²) in [6, 6.07) is 0.593. The van der Waals surface area contributed by atoms with Gasteiger partial charge in [-0.25, -0.2) is 12.7 Å². The Morgan fingerprint density at radius 2 is 2.06 bits per heavy atom. The summed E-state index contributed by atoms with van der Waals surface area (Å²) < 4.78 is 25.7. The van der Waals surface area contributed by atoms with E-state index in [-0.39, 0.29) is 5.75 Å². The fourth-order valence-corrected chi connectivity index (χ4v) is 3.73. The molecule has 1 unspecified atom stereocenters. The molecule has 0 radical (unpaired) electrons. The molecule has 5 heteroatoms. The molecule has 1 N–H and O–H groups in total. The fourth-order valence-electron chi connectivity index (χ4n) is 2.21. The molecule has 0 bridgehead atoms. The van der Waals surface area contributed by atoms with Crippen molar-refractivity contribution in [2.24, 2.45) is 5.92 Å². The minimum Gasteiger partial charge on any atom is -0.313 e. The van der Waals surface area contributed by atoms with Crippen LogP contribution in [0.3, 0.4) is 0 Å². The summed E-state index contributed by atoms with van der Waals surface area (Å²) in [5.41, 5.74) is 0. The maximum Gasteiger partial charge on any atom is 0.215 e. The van der Waals surface area contributed by atoms with Crippen molar-refractivity contribution in [1.29, 1.82) is 0 Å². The first-order valence-corrected chi connectivity index (χ1v) is 7.90. The molecule has 2 aliphatic rings. The lowest BCUT2D eigenvalue weighted by molar-refractivity contribution is 0.281. The molecular formula is C11H22N2O2S. The molecule has 0 aromatic carbocycles. The molecule has 4 nitrogen and oxygen atoms in total. The Morgan fingerprint density at radius 1 is 1.31 bits per heavy atom. The van der Waals surface area contributed by atoms with Crippen LogP contribution in [0.15, 0.2) is 0 Å². The van der Waals surface area contributed by atoms with Crippen molar-refractivity contribution in [2.75, 3.05) is 25.4 Å². The van der Waals surface area contributed by atoms with Gasteiger partial charge in [0.15, 0.2) is 0 Å². The molecule has 16 heavy (non-hydrogen) atoms. The van der Waals surface area contributed by atoms with E-state index in [0.717, 1.165) is 19.4 Å². The van der Waals surface area contributed by atoms with E-state index < -0.39 is 10.0 Å². The number of nitrogens with zero attached hydrogens (tertiary/aromatic N) is 1. The lowest BCUT2D eigenvalue weighted by Crippen LogP contribution is -2.42. The van der Waals surface area contributed by atoms with Crippen LogP contribution in [0.25, 0.3) is 0 Å². The quantitative estimate of drug-likeness (QED) is 0.780. The highest BCUT2D eigenvalue weighted by atomic mass is 32.2. The molecule has 1 aliphatic heterocycles. The zero-order valence-corrected chi connectivity index (χ0v) is 10.8. The summed E-state index contributed by atoms with van der Waals surface area (Å²) in [4.78, 5) is 0. The number of piperidine rings is 1. The second kappa shape index (κ2) is 5.02. The van der Waals surface area contributed by atoms with E-state index in [9.17, 15) is 8.42 Å². The Morgan fingerprint density at radius 3 is 2.69 bits per heavy atom. The highest BCUT2D eigenvalue weighted by Crippen LogP contribution is 2.20. The smallest absolute Gasteiger partial charge is 0.215 e. The van der Waals surface area contributed by atoms with Crippen molar-refractivity contribution in [1.82, 2.24) is 9.62 Å². The molecular weight excluding hydrogens is 224 g/mol. The van der Waals surface area contributed by atoms with Crippen molar-refractivity contribution >= 4 is 10.0 Å². The molecule has 1 saturated carbocycles. The first-order valence-electron chi connectivity index (χ1n) is 6.29. The van der Waals surface area contributed by atoms with E-state index in [1.54, 1.807) is 4.31 Å². The zero-order valence-electron chi connectivity index (χ0n) is 9.98. The van der Waals surface area contributed by atoms with Gasteiger partial charge in [-0.3, -0.25) is 0 Å². The van der Waals surface area contributed by atoms with Crippen molar-refractivity contribution in [2.45, 2.75) is 38.6 Å². The lowest BCUT2D eigenvalue weighted by Gasteiger charge is -2.30. The van der Waals surface area contributed by atoms with Gasteiger partial charge in [0.25, 0.3) is 0 Å². The first-order chi connectivity index (χ1) is 7.58. The average molecular weight is 246 g/mol. The summed E-state index contributed by atoms with van der Waals surface area (Å²) in [5.74, 6) is 0.774. The summed E-state index contributed by atoms with van der Waals surface area (Å²) in [7, 11) is -3.01. The number of hydrogen-bond acceptors (Lipinski definition) is 3. The predicted molar refractivity (Wildman–Crippen MR) is 64.8 cm³/mol. The van der Waals surface area contributed by atoms with Crippen molar-refractivity contribution in [3.8, 4) is 0 Å². The standard InChI is InChI=1S/C11H22N2O2S/c1-10-3-2-7-13(9-10)16(14,15)8-6-12-11-4-5-11/h10-12H,2-9H2,1H3. The Kier molecular flexibility index (Phi) is 3.87. The van der Waals surface area contributed by atoms with Crippen LogP contribution >= 0.6 is 0 Å². The molecule has 94 valence electrons. The Hall–Kier alpha value is -0.130. The lowest BCUT2D eigenvalue weighted by atomic mass is 10.0.